The minimum atomic E-state index is -0.0893. The lowest BCUT2D eigenvalue weighted by atomic mass is 10.2. The van der Waals surface area contributed by atoms with Gasteiger partial charge in [-0.3, -0.25) is 0 Å². The summed E-state index contributed by atoms with van der Waals surface area (Å²) in [5.74, 6) is 0. The van der Waals surface area contributed by atoms with Gasteiger partial charge in [-0.15, -0.1) is 0 Å². The molecular weight excluding hydrogens is 272 g/mol. The van der Waals surface area contributed by atoms with Crippen LogP contribution in [0.2, 0.25) is 0 Å². The molecule has 0 heterocycles. The van der Waals surface area contributed by atoms with Crippen LogP contribution in [0.15, 0.2) is 24.8 Å². The van der Waals surface area contributed by atoms with Gasteiger partial charge in [-0.2, -0.15) is 0 Å². The molecule has 0 atom stereocenters. The summed E-state index contributed by atoms with van der Waals surface area (Å²) in [6, 6.07) is 0. The first-order valence-electron chi connectivity index (χ1n) is 9.35. The third-order valence-corrected chi connectivity index (χ3v) is 3.70. The summed E-state index contributed by atoms with van der Waals surface area (Å²) in [6.07, 6.45) is 19.2. The molecule has 2 heteroatoms. The van der Waals surface area contributed by atoms with Crippen molar-refractivity contribution >= 4 is 0 Å². The summed E-state index contributed by atoms with van der Waals surface area (Å²) in [5.41, 5.74) is 0. The lowest BCUT2D eigenvalue weighted by molar-refractivity contribution is -0.141. The summed E-state index contributed by atoms with van der Waals surface area (Å²) in [4.78, 5) is 0. The van der Waals surface area contributed by atoms with Crippen LogP contribution in [0.1, 0.15) is 84.5 Å². The average Bonchev–Trinajstić information content (AvgIpc) is 2.53. The molecule has 0 aliphatic rings. The van der Waals surface area contributed by atoms with Gasteiger partial charge in [-0.1, -0.05) is 90.0 Å². The Morgan fingerprint density at radius 3 is 1.73 bits per heavy atom. The Morgan fingerprint density at radius 2 is 1.27 bits per heavy atom. The molecular formula is C20H38O2. The molecule has 0 aliphatic carbocycles. The number of unbranched alkanes of at least 4 members (excludes halogenated alkanes) is 8. The molecule has 0 aromatic heterocycles. The minimum Gasteiger partial charge on any atom is -0.352 e. The predicted molar refractivity (Wildman–Crippen MR) is 97.2 cm³/mol. The molecule has 22 heavy (non-hydrogen) atoms. The van der Waals surface area contributed by atoms with Gasteiger partial charge in [0.05, 0.1) is 0 Å². The van der Waals surface area contributed by atoms with E-state index in [1.165, 1.54) is 51.4 Å². The van der Waals surface area contributed by atoms with E-state index < -0.39 is 0 Å². The normalized spacial score (nSPS) is 11.6. The maximum Gasteiger partial charge on any atom is 0.160 e. The molecule has 0 aromatic carbocycles. The standard InChI is InChI=1S/C20H38O2/c1-4-7-10-12-15-18-21-20(17-14-9-6-3)22-19-16-13-11-8-5-2/h6,9,14,20H,3-5,7-8,10-13,15-19H2,1-2H3/b14-9-. The van der Waals surface area contributed by atoms with E-state index >= 15 is 0 Å². The largest absolute Gasteiger partial charge is 0.352 e. The molecule has 2 nitrogen and oxygen atoms in total. The van der Waals surface area contributed by atoms with Gasteiger partial charge in [0, 0.05) is 19.6 Å². The minimum absolute atomic E-state index is 0.0893. The molecule has 0 N–H and O–H groups in total. The Morgan fingerprint density at radius 1 is 0.773 bits per heavy atom. The van der Waals surface area contributed by atoms with E-state index in [1.807, 2.05) is 6.08 Å². The molecule has 0 saturated heterocycles. The average molecular weight is 311 g/mol. The lowest BCUT2D eigenvalue weighted by Crippen LogP contribution is -2.18. The number of rotatable bonds is 17. The molecule has 0 amide bonds. The second kappa shape index (κ2) is 18.4. The molecule has 0 radical (unpaired) electrons. The van der Waals surface area contributed by atoms with Crippen molar-refractivity contribution in [2.75, 3.05) is 13.2 Å². The van der Waals surface area contributed by atoms with E-state index in [0.717, 1.165) is 32.5 Å². The number of hydrogen-bond donors (Lipinski definition) is 0. The smallest absolute Gasteiger partial charge is 0.160 e. The van der Waals surface area contributed by atoms with Crippen LogP contribution in [0.3, 0.4) is 0 Å². The van der Waals surface area contributed by atoms with Gasteiger partial charge >= 0.3 is 0 Å². The number of ether oxygens (including phenoxy) is 2. The van der Waals surface area contributed by atoms with Gasteiger partial charge in [0.1, 0.15) is 0 Å². The van der Waals surface area contributed by atoms with Crippen molar-refractivity contribution in [3.63, 3.8) is 0 Å². The Labute approximate surface area is 139 Å². The maximum absolute atomic E-state index is 5.89. The molecule has 130 valence electrons. The Kier molecular flexibility index (Phi) is 17.9. The zero-order chi connectivity index (χ0) is 16.3. The number of hydrogen-bond acceptors (Lipinski definition) is 2. The van der Waals surface area contributed by atoms with E-state index in [4.69, 9.17) is 9.47 Å². The monoisotopic (exact) mass is 310 g/mol. The van der Waals surface area contributed by atoms with E-state index in [1.54, 1.807) is 6.08 Å². The van der Waals surface area contributed by atoms with Gasteiger partial charge < -0.3 is 9.47 Å². The summed E-state index contributed by atoms with van der Waals surface area (Å²) < 4.78 is 11.8. The first kappa shape index (κ1) is 21.4. The summed E-state index contributed by atoms with van der Waals surface area (Å²) in [7, 11) is 0. The van der Waals surface area contributed by atoms with Crippen molar-refractivity contribution in [3.8, 4) is 0 Å². The van der Waals surface area contributed by atoms with Gasteiger partial charge in [0.2, 0.25) is 0 Å². The molecule has 0 fully saturated rings. The Hall–Kier alpha value is -0.600. The Balaban J connectivity index is 3.74. The van der Waals surface area contributed by atoms with Gasteiger partial charge in [0.15, 0.2) is 6.29 Å². The van der Waals surface area contributed by atoms with Crippen LogP contribution in [0.4, 0.5) is 0 Å². The van der Waals surface area contributed by atoms with Gasteiger partial charge in [-0.25, -0.2) is 0 Å². The van der Waals surface area contributed by atoms with Crippen LogP contribution in [-0.4, -0.2) is 19.5 Å². The second-order valence-corrected chi connectivity index (χ2v) is 5.90. The maximum atomic E-state index is 5.89. The first-order chi connectivity index (χ1) is 10.8. The lowest BCUT2D eigenvalue weighted by Gasteiger charge is -2.17. The van der Waals surface area contributed by atoms with Crippen LogP contribution in [-0.2, 0) is 9.47 Å². The molecule has 0 unspecified atom stereocenters. The zero-order valence-corrected chi connectivity index (χ0v) is 15.0. The molecule has 0 aliphatic heterocycles. The third-order valence-electron chi connectivity index (χ3n) is 3.70. The molecule has 0 rings (SSSR count). The van der Waals surface area contributed by atoms with Gasteiger partial charge in [-0.05, 0) is 12.8 Å². The summed E-state index contributed by atoms with van der Waals surface area (Å²) in [5, 5.41) is 0. The van der Waals surface area contributed by atoms with E-state index in [-0.39, 0.29) is 6.29 Å². The van der Waals surface area contributed by atoms with Crippen molar-refractivity contribution in [2.45, 2.75) is 90.8 Å². The van der Waals surface area contributed by atoms with E-state index in [0.29, 0.717) is 0 Å². The van der Waals surface area contributed by atoms with Crippen LogP contribution in [0.25, 0.3) is 0 Å². The molecule has 0 bridgehead atoms. The van der Waals surface area contributed by atoms with Crippen molar-refractivity contribution in [2.24, 2.45) is 0 Å². The first-order valence-corrected chi connectivity index (χ1v) is 9.35. The second-order valence-electron chi connectivity index (χ2n) is 5.90. The van der Waals surface area contributed by atoms with Crippen LogP contribution < -0.4 is 0 Å². The number of allylic oxidation sites excluding steroid dienone is 2. The topological polar surface area (TPSA) is 18.5 Å². The van der Waals surface area contributed by atoms with Crippen LogP contribution in [0.5, 0.6) is 0 Å². The zero-order valence-electron chi connectivity index (χ0n) is 15.0. The van der Waals surface area contributed by atoms with Crippen LogP contribution in [0, 0.1) is 0 Å². The van der Waals surface area contributed by atoms with Crippen molar-refractivity contribution in [1.29, 1.82) is 0 Å². The van der Waals surface area contributed by atoms with Crippen molar-refractivity contribution in [1.82, 2.24) is 0 Å². The summed E-state index contributed by atoms with van der Waals surface area (Å²) >= 11 is 0. The summed E-state index contributed by atoms with van der Waals surface area (Å²) in [6.45, 7) is 9.81. The molecule has 0 spiro atoms. The van der Waals surface area contributed by atoms with Crippen molar-refractivity contribution in [3.05, 3.63) is 24.8 Å². The fraction of sp³-hybridized carbons (Fsp3) is 0.800. The quantitative estimate of drug-likeness (QED) is 0.175. The predicted octanol–water partition coefficient (Wildman–Crippen LogP) is 6.42. The fourth-order valence-electron chi connectivity index (χ4n) is 2.31. The highest BCUT2D eigenvalue weighted by atomic mass is 16.7. The highest BCUT2D eigenvalue weighted by molar-refractivity contribution is 4.97. The van der Waals surface area contributed by atoms with E-state index in [9.17, 15) is 0 Å². The Bertz CT molecular complexity index is 232. The van der Waals surface area contributed by atoms with Gasteiger partial charge in [0.25, 0.3) is 0 Å². The highest BCUT2D eigenvalue weighted by Crippen LogP contribution is 2.09. The van der Waals surface area contributed by atoms with Crippen molar-refractivity contribution < 1.29 is 9.47 Å². The highest BCUT2D eigenvalue weighted by Gasteiger charge is 2.07. The molecule has 0 saturated carbocycles. The SMILES string of the molecule is C=C/C=C\CC(OCCCCCCC)OCCCCCCC. The van der Waals surface area contributed by atoms with Crippen LogP contribution >= 0.6 is 0 Å². The third kappa shape index (κ3) is 15.8. The molecule has 0 aromatic rings. The van der Waals surface area contributed by atoms with E-state index in [2.05, 4.69) is 26.5 Å². The fourth-order valence-corrected chi connectivity index (χ4v) is 2.31.